The molecule has 0 saturated carbocycles. The standard InChI is InChI=1S/C6H11N3O/c1-2-9-5-7-3-6(9)4-8-10/h3,5,8,10H,2,4H2,1H3. The summed E-state index contributed by atoms with van der Waals surface area (Å²) in [5.74, 6) is 0. The molecule has 0 radical (unpaired) electrons. The molecule has 0 saturated heterocycles. The van der Waals surface area contributed by atoms with Crippen LogP contribution in [-0.2, 0) is 13.1 Å². The maximum Gasteiger partial charge on any atom is 0.0948 e. The Labute approximate surface area is 59.5 Å². The first-order valence-corrected chi connectivity index (χ1v) is 3.24. The number of rotatable bonds is 3. The normalized spacial score (nSPS) is 10.2. The number of imidazole rings is 1. The Kier molecular flexibility index (Phi) is 2.42. The maximum absolute atomic E-state index is 8.37. The summed E-state index contributed by atoms with van der Waals surface area (Å²) in [6.07, 6.45) is 3.47. The fourth-order valence-corrected chi connectivity index (χ4v) is 0.861. The lowest BCUT2D eigenvalue weighted by Crippen LogP contribution is -2.10. The van der Waals surface area contributed by atoms with Gasteiger partial charge < -0.3 is 9.77 Å². The minimum atomic E-state index is 0.452. The van der Waals surface area contributed by atoms with E-state index in [2.05, 4.69) is 10.5 Å². The number of hydrogen-bond acceptors (Lipinski definition) is 3. The number of aryl methyl sites for hydroxylation is 1. The second-order valence-electron chi connectivity index (χ2n) is 2.01. The molecule has 1 aromatic rings. The van der Waals surface area contributed by atoms with Crippen molar-refractivity contribution < 1.29 is 5.21 Å². The quantitative estimate of drug-likeness (QED) is 0.598. The van der Waals surface area contributed by atoms with Crippen LogP contribution in [0.2, 0.25) is 0 Å². The van der Waals surface area contributed by atoms with E-state index in [-0.39, 0.29) is 0 Å². The van der Waals surface area contributed by atoms with Gasteiger partial charge in [0.05, 0.1) is 18.6 Å². The van der Waals surface area contributed by atoms with Gasteiger partial charge in [0.2, 0.25) is 0 Å². The first-order chi connectivity index (χ1) is 4.88. The molecule has 1 rings (SSSR count). The molecule has 10 heavy (non-hydrogen) atoms. The minimum Gasteiger partial charge on any atom is -0.334 e. The molecule has 2 N–H and O–H groups in total. The molecule has 0 unspecified atom stereocenters. The third-order valence-electron chi connectivity index (χ3n) is 1.40. The molecule has 4 heteroatoms. The highest BCUT2D eigenvalue weighted by atomic mass is 16.5. The van der Waals surface area contributed by atoms with Gasteiger partial charge in [-0.05, 0) is 6.92 Å². The summed E-state index contributed by atoms with van der Waals surface area (Å²) in [6, 6.07) is 0. The molecule has 1 heterocycles. The lowest BCUT2D eigenvalue weighted by Gasteiger charge is -2.01. The molecule has 0 aliphatic rings. The van der Waals surface area contributed by atoms with E-state index in [0.717, 1.165) is 12.2 Å². The summed E-state index contributed by atoms with van der Waals surface area (Å²) in [6.45, 7) is 3.37. The van der Waals surface area contributed by atoms with Gasteiger partial charge in [0.1, 0.15) is 0 Å². The van der Waals surface area contributed by atoms with Gasteiger partial charge in [-0.3, -0.25) is 0 Å². The molecule has 0 aliphatic carbocycles. The zero-order valence-corrected chi connectivity index (χ0v) is 5.91. The van der Waals surface area contributed by atoms with Crippen molar-refractivity contribution in [1.82, 2.24) is 15.0 Å². The minimum absolute atomic E-state index is 0.452. The van der Waals surface area contributed by atoms with Crippen LogP contribution in [0.5, 0.6) is 0 Å². The van der Waals surface area contributed by atoms with Gasteiger partial charge >= 0.3 is 0 Å². The topological polar surface area (TPSA) is 50.1 Å². The lowest BCUT2D eigenvalue weighted by atomic mass is 10.4. The molecule has 4 nitrogen and oxygen atoms in total. The van der Waals surface area contributed by atoms with Gasteiger partial charge in [-0.1, -0.05) is 0 Å². The van der Waals surface area contributed by atoms with Crippen molar-refractivity contribution in [3.05, 3.63) is 18.2 Å². The first kappa shape index (κ1) is 7.24. The fraction of sp³-hybridized carbons (Fsp3) is 0.500. The zero-order chi connectivity index (χ0) is 7.40. The summed E-state index contributed by atoms with van der Waals surface area (Å²) in [4.78, 5) is 3.92. The van der Waals surface area contributed by atoms with Crippen LogP contribution < -0.4 is 5.48 Å². The Balaban J connectivity index is 2.70. The molecule has 0 aliphatic heterocycles. The van der Waals surface area contributed by atoms with Crippen LogP contribution in [0.15, 0.2) is 12.5 Å². The highest BCUT2D eigenvalue weighted by Crippen LogP contribution is 1.96. The van der Waals surface area contributed by atoms with Crippen LogP contribution in [-0.4, -0.2) is 14.8 Å². The zero-order valence-electron chi connectivity index (χ0n) is 5.91. The van der Waals surface area contributed by atoms with Crippen LogP contribution in [0.4, 0.5) is 0 Å². The Morgan fingerprint density at radius 3 is 3.20 bits per heavy atom. The highest BCUT2D eigenvalue weighted by Gasteiger charge is 1.96. The van der Waals surface area contributed by atoms with E-state index in [1.165, 1.54) is 0 Å². The molecule has 0 fully saturated rings. The number of hydrogen-bond donors (Lipinski definition) is 2. The predicted molar refractivity (Wildman–Crippen MR) is 36.5 cm³/mol. The van der Waals surface area contributed by atoms with Crippen LogP contribution in [0.25, 0.3) is 0 Å². The van der Waals surface area contributed by atoms with Gasteiger partial charge in [-0.15, -0.1) is 0 Å². The number of aromatic nitrogens is 2. The molecule has 0 amide bonds. The smallest absolute Gasteiger partial charge is 0.0948 e. The number of hydroxylamine groups is 1. The van der Waals surface area contributed by atoms with E-state index in [1.54, 1.807) is 12.5 Å². The number of nitrogens with one attached hydrogen (secondary N) is 1. The van der Waals surface area contributed by atoms with Crippen LogP contribution in [0.1, 0.15) is 12.6 Å². The summed E-state index contributed by atoms with van der Waals surface area (Å²) >= 11 is 0. The van der Waals surface area contributed by atoms with Crippen LogP contribution in [0, 0.1) is 0 Å². The third-order valence-corrected chi connectivity index (χ3v) is 1.40. The van der Waals surface area contributed by atoms with Crippen molar-refractivity contribution in [1.29, 1.82) is 0 Å². The first-order valence-electron chi connectivity index (χ1n) is 3.24. The average Bonchev–Trinajstić information content (AvgIpc) is 2.36. The molecule has 56 valence electrons. The largest absolute Gasteiger partial charge is 0.334 e. The molecule has 0 spiro atoms. The molecule has 1 aromatic heterocycles. The summed E-state index contributed by atoms with van der Waals surface area (Å²) in [7, 11) is 0. The Bertz CT molecular complexity index is 197. The average molecular weight is 141 g/mol. The van der Waals surface area contributed by atoms with E-state index in [4.69, 9.17) is 5.21 Å². The van der Waals surface area contributed by atoms with Crippen molar-refractivity contribution in [3.63, 3.8) is 0 Å². The van der Waals surface area contributed by atoms with Crippen molar-refractivity contribution in [2.75, 3.05) is 0 Å². The Morgan fingerprint density at radius 2 is 2.60 bits per heavy atom. The van der Waals surface area contributed by atoms with Gasteiger partial charge in [-0.2, -0.15) is 5.48 Å². The summed E-state index contributed by atoms with van der Waals surface area (Å²) < 4.78 is 1.96. The van der Waals surface area contributed by atoms with Gasteiger partial charge in [0.15, 0.2) is 0 Å². The predicted octanol–water partition coefficient (Wildman–Crippen LogP) is 0.382. The Hall–Kier alpha value is -0.870. The van der Waals surface area contributed by atoms with E-state index in [0.29, 0.717) is 6.54 Å². The van der Waals surface area contributed by atoms with E-state index >= 15 is 0 Å². The van der Waals surface area contributed by atoms with E-state index in [1.807, 2.05) is 11.5 Å². The van der Waals surface area contributed by atoms with Crippen molar-refractivity contribution in [2.24, 2.45) is 0 Å². The van der Waals surface area contributed by atoms with E-state index in [9.17, 15) is 0 Å². The Morgan fingerprint density at radius 1 is 1.80 bits per heavy atom. The maximum atomic E-state index is 8.37. The third kappa shape index (κ3) is 1.34. The molecule has 0 aromatic carbocycles. The molecule has 0 bridgehead atoms. The lowest BCUT2D eigenvalue weighted by molar-refractivity contribution is 0.158. The SMILES string of the molecule is CCn1cncc1CNO. The molecular formula is C6H11N3O. The molecular weight excluding hydrogens is 130 g/mol. The van der Waals surface area contributed by atoms with Crippen molar-refractivity contribution in [3.8, 4) is 0 Å². The highest BCUT2D eigenvalue weighted by molar-refractivity contribution is 4.96. The van der Waals surface area contributed by atoms with Gasteiger partial charge in [0.25, 0.3) is 0 Å². The fourth-order valence-electron chi connectivity index (χ4n) is 0.861. The van der Waals surface area contributed by atoms with Gasteiger partial charge in [0, 0.05) is 12.7 Å². The number of nitrogens with zero attached hydrogens (tertiary/aromatic N) is 2. The van der Waals surface area contributed by atoms with Crippen molar-refractivity contribution in [2.45, 2.75) is 20.0 Å². The van der Waals surface area contributed by atoms with Gasteiger partial charge in [-0.25, -0.2) is 4.98 Å². The van der Waals surface area contributed by atoms with Crippen molar-refractivity contribution >= 4 is 0 Å². The molecule has 0 atom stereocenters. The second kappa shape index (κ2) is 3.34. The van der Waals surface area contributed by atoms with E-state index < -0.39 is 0 Å². The van der Waals surface area contributed by atoms with Crippen LogP contribution in [0.3, 0.4) is 0 Å². The second-order valence-corrected chi connectivity index (χ2v) is 2.01. The summed E-state index contributed by atoms with van der Waals surface area (Å²) in [5, 5.41) is 8.37. The monoisotopic (exact) mass is 141 g/mol. The van der Waals surface area contributed by atoms with Crippen LogP contribution >= 0.6 is 0 Å². The summed E-state index contributed by atoms with van der Waals surface area (Å²) in [5.41, 5.74) is 3.07.